The predicted octanol–water partition coefficient (Wildman–Crippen LogP) is 4.39. The Balaban J connectivity index is 1.63. The fraction of sp³-hybridized carbons (Fsp3) is 0.214. The Bertz CT molecular complexity index is 1890. The molecule has 0 bridgehead atoms. The SMILES string of the molecule is Cc1ccc(S(=O)(=O)n2c(-c3cnc(C4CC4)nc3)cc3c(=O)n(-c4c(C)ccc(O)c4C)cnc32)cc1. The number of benzene rings is 2. The molecule has 1 aliphatic rings. The maximum atomic E-state index is 14.0. The molecule has 0 atom stereocenters. The van der Waals surface area contributed by atoms with E-state index >= 15 is 0 Å². The van der Waals surface area contributed by atoms with Gasteiger partial charge in [0, 0.05) is 29.4 Å². The number of fused-ring (bicyclic) bond motifs is 1. The van der Waals surface area contributed by atoms with E-state index in [2.05, 4.69) is 15.0 Å². The van der Waals surface area contributed by atoms with Crippen LogP contribution in [0.25, 0.3) is 28.0 Å². The van der Waals surface area contributed by atoms with Crippen LogP contribution in [0.4, 0.5) is 0 Å². The van der Waals surface area contributed by atoms with Crippen LogP contribution in [0.5, 0.6) is 5.75 Å². The van der Waals surface area contributed by atoms with E-state index < -0.39 is 15.6 Å². The predicted molar refractivity (Wildman–Crippen MR) is 143 cm³/mol. The summed E-state index contributed by atoms with van der Waals surface area (Å²) in [5, 5.41) is 10.4. The number of nitrogens with zero attached hydrogens (tertiary/aromatic N) is 5. The van der Waals surface area contributed by atoms with Gasteiger partial charge in [0.1, 0.15) is 17.9 Å². The molecular formula is C28H25N5O4S. The Morgan fingerprint density at radius 2 is 1.63 bits per heavy atom. The minimum absolute atomic E-state index is 0.00329. The fourth-order valence-electron chi connectivity index (χ4n) is 4.69. The molecule has 9 nitrogen and oxygen atoms in total. The molecule has 192 valence electrons. The van der Waals surface area contributed by atoms with E-state index in [1.54, 1.807) is 43.6 Å². The van der Waals surface area contributed by atoms with E-state index in [1.165, 1.54) is 29.1 Å². The average molecular weight is 528 g/mol. The van der Waals surface area contributed by atoms with Crippen molar-refractivity contribution in [3.8, 4) is 22.7 Å². The minimum atomic E-state index is -4.14. The lowest BCUT2D eigenvalue weighted by atomic mass is 10.1. The topological polar surface area (TPSA) is 120 Å². The number of rotatable bonds is 5. The van der Waals surface area contributed by atoms with Crippen molar-refractivity contribution in [2.75, 3.05) is 0 Å². The molecule has 0 saturated heterocycles. The molecule has 3 aromatic heterocycles. The molecule has 0 aliphatic heterocycles. The fourth-order valence-corrected chi connectivity index (χ4v) is 6.18. The van der Waals surface area contributed by atoms with Gasteiger partial charge in [-0.05, 0) is 63.4 Å². The summed E-state index contributed by atoms with van der Waals surface area (Å²) in [5.74, 6) is 1.12. The van der Waals surface area contributed by atoms with Crippen molar-refractivity contribution in [1.82, 2.24) is 23.5 Å². The highest BCUT2D eigenvalue weighted by Gasteiger charge is 2.29. The average Bonchev–Trinajstić information content (AvgIpc) is 3.67. The molecular weight excluding hydrogens is 502 g/mol. The van der Waals surface area contributed by atoms with Crippen molar-refractivity contribution in [2.24, 2.45) is 0 Å². The second kappa shape index (κ2) is 8.63. The Kier molecular flexibility index (Phi) is 5.46. The second-order valence-corrected chi connectivity index (χ2v) is 11.5. The summed E-state index contributed by atoms with van der Waals surface area (Å²) in [7, 11) is -4.14. The third-order valence-corrected chi connectivity index (χ3v) is 8.71. The molecule has 0 radical (unpaired) electrons. The van der Waals surface area contributed by atoms with Gasteiger partial charge in [-0.1, -0.05) is 23.8 Å². The summed E-state index contributed by atoms with van der Waals surface area (Å²) >= 11 is 0. The third-order valence-electron chi connectivity index (χ3n) is 6.99. The molecule has 10 heteroatoms. The normalized spacial score (nSPS) is 13.8. The first kappa shape index (κ1) is 24.1. The number of phenolic OH excluding ortho intramolecular Hbond substituents is 1. The van der Waals surface area contributed by atoms with Gasteiger partial charge in [0.05, 0.1) is 21.7 Å². The van der Waals surface area contributed by atoms with Crippen molar-refractivity contribution in [2.45, 2.75) is 44.4 Å². The van der Waals surface area contributed by atoms with Crippen LogP contribution < -0.4 is 5.56 Å². The molecule has 5 aromatic rings. The first-order valence-corrected chi connectivity index (χ1v) is 13.7. The van der Waals surface area contributed by atoms with E-state index in [0.29, 0.717) is 22.7 Å². The van der Waals surface area contributed by atoms with Crippen molar-refractivity contribution in [3.63, 3.8) is 0 Å². The van der Waals surface area contributed by atoms with Gasteiger partial charge in [0.2, 0.25) is 0 Å². The number of hydrogen-bond acceptors (Lipinski definition) is 7. The maximum absolute atomic E-state index is 14.0. The van der Waals surface area contributed by atoms with Gasteiger partial charge in [0.25, 0.3) is 15.6 Å². The largest absolute Gasteiger partial charge is 0.508 e. The smallest absolute Gasteiger partial charge is 0.269 e. The lowest BCUT2D eigenvalue weighted by Crippen LogP contribution is -2.21. The number of hydrogen-bond donors (Lipinski definition) is 1. The van der Waals surface area contributed by atoms with Gasteiger partial charge in [-0.15, -0.1) is 0 Å². The van der Waals surface area contributed by atoms with Crippen LogP contribution in [0, 0.1) is 20.8 Å². The summed E-state index contributed by atoms with van der Waals surface area (Å²) in [5.41, 5.74) is 2.95. The van der Waals surface area contributed by atoms with Gasteiger partial charge >= 0.3 is 0 Å². The molecule has 1 fully saturated rings. The quantitative estimate of drug-likeness (QED) is 0.360. The summed E-state index contributed by atoms with van der Waals surface area (Å²) in [6, 6.07) is 11.3. The summed E-state index contributed by atoms with van der Waals surface area (Å²) in [6.07, 6.45) is 6.57. The van der Waals surface area contributed by atoms with Gasteiger partial charge in [0.15, 0.2) is 5.65 Å². The molecule has 3 heterocycles. The lowest BCUT2D eigenvalue weighted by molar-refractivity contribution is 0.470. The van der Waals surface area contributed by atoms with E-state index in [-0.39, 0.29) is 27.4 Å². The number of phenols is 1. The Labute approximate surface area is 219 Å². The third kappa shape index (κ3) is 3.79. The molecule has 0 unspecified atom stereocenters. The Hall–Kier alpha value is -4.31. The maximum Gasteiger partial charge on any atom is 0.269 e. The van der Waals surface area contributed by atoms with Gasteiger partial charge in [-0.25, -0.2) is 27.3 Å². The molecule has 1 saturated carbocycles. The van der Waals surface area contributed by atoms with Crippen molar-refractivity contribution < 1.29 is 13.5 Å². The number of aromatic nitrogens is 5. The van der Waals surface area contributed by atoms with E-state index in [1.807, 2.05) is 13.8 Å². The van der Waals surface area contributed by atoms with Crippen molar-refractivity contribution in [3.05, 3.63) is 94.1 Å². The van der Waals surface area contributed by atoms with E-state index in [0.717, 1.165) is 33.8 Å². The van der Waals surface area contributed by atoms with E-state index in [9.17, 15) is 18.3 Å². The highest BCUT2D eigenvalue weighted by atomic mass is 32.2. The monoisotopic (exact) mass is 527 g/mol. The zero-order valence-corrected chi connectivity index (χ0v) is 21.9. The lowest BCUT2D eigenvalue weighted by Gasteiger charge is -2.14. The molecule has 6 rings (SSSR count). The number of aryl methyl sites for hydroxylation is 2. The summed E-state index contributed by atoms with van der Waals surface area (Å²) < 4.78 is 30.4. The number of aromatic hydroxyl groups is 1. The highest BCUT2D eigenvalue weighted by Crippen LogP contribution is 2.38. The standard InChI is InChI=1S/C28H25N5O4S/c1-16-4-9-21(10-5-16)38(36,37)33-23(20-13-29-26(30-14-20)19-7-8-19)12-22-27(33)31-15-32(28(22)35)25-17(2)6-11-24(34)18(25)3/h4-6,9-15,19,34H,7-8H2,1-3H3. The molecule has 1 aliphatic carbocycles. The Morgan fingerprint density at radius 1 is 0.947 bits per heavy atom. The first-order valence-electron chi connectivity index (χ1n) is 12.2. The summed E-state index contributed by atoms with van der Waals surface area (Å²) in [4.78, 5) is 27.3. The van der Waals surface area contributed by atoms with Crippen molar-refractivity contribution >= 4 is 21.1 Å². The molecule has 2 aromatic carbocycles. The van der Waals surface area contributed by atoms with E-state index in [4.69, 9.17) is 0 Å². The molecule has 0 spiro atoms. The van der Waals surface area contributed by atoms with Crippen LogP contribution in [0.15, 0.2) is 70.9 Å². The molecule has 38 heavy (non-hydrogen) atoms. The Morgan fingerprint density at radius 3 is 2.29 bits per heavy atom. The zero-order chi connectivity index (χ0) is 26.8. The van der Waals surface area contributed by atoms with Gasteiger partial charge < -0.3 is 5.11 Å². The van der Waals surface area contributed by atoms with Gasteiger partial charge in [-0.2, -0.15) is 0 Å². The first-order chi connectivity index (χ1) is 18.2. The molecule has 1 N–H and O–H groups in total. The van der Waals surface area contributed by atoms with Crippen molar-refractivity contribution in [1.29, 1.82) is 0 Å². The van der Waals surface area contributed by atoms with Gasteiger partial charge in [-0.3, -0.25) is 9.36 Å². The summed E-state index contributed by atoms with van der Waals surface area (Å²) in [6.45, 7) is 5.42. The van der Waals surface area contributed by atoms with Crippen LogP contribution in [0.2, 0.25) is 0 Å². The van der Waals surface area contributed by atoms with Crippen LogP contribution in [0.3, 0.4) is 0 Å². The zero-order valence-electron chi connectivity index (χ0n) is 21.1. The van der Waals surface area contributed by atoms with Crippen LogP contribution in [-0.2, 0) is 10.0 Å². The van der Waals surface area contributed by atoms with Crippen LogP contribution in [0.1, 0.15) is 41.3 Å². The highest BCUT2D eigenvalue weighted by molar-refractivity contribution is 7.90. The van der Waals surface area contributed by atoms with Crippen LogP contribution >= 0.6 is 0 Å². The molecule has 0 amide bonds. The minimum Gasteiger partial charge on any atom is -0.508 e. The second-order valence-electron chi connectivity index (χ2n) is 9.75. The van der Waals surface area contributed by atoms with Crippen LogP contribution in [-0.4, -0.2) is 37.0 Å².